The van der Waals surface area contributed by atoms with Gasteiger partial charge in [0, 0.05) is 50.8 Å². The molecule has 9 heteroatoms. The second-order valence-corrected chi connectivity index (χ2v) is 8.86. The maximum Gasteiger partial charge on any atom is 0.419 e. The molecule has 1 aliphatic carbocycles. The number of pyridine rings is 1. The van der Waals surface area contributed by atoms with Crippen molar-refractivity contribution in [2.75, 3.05) is 29.4 Å². The van der Waals surface area contributed by atoms with E-state index in [-0.39, 0.29) is 23.6 Å². The fraction of sp³-hybridized carbons (Fsp3) is 0.435. The van der Waals surface area contributed by atoms with Gasteiger partial charge in [0.15, 0.2) is 5.75 Å². The lowest BCUT2D eigenvalue weighted by atomic mass is 9.96. The van der Waals surface area contributed by atoms with Crippen molar-refractivity contribution in [2.24, 2.45) is 5.73 Å². The number of rotatable bonds is 6. The highest BCUT2D eigenvalue weighted by molar-refractivity contribution is 6.30. The fourth-order valence-corrected chi connectivity index (χ4v) is 4.25. The lowest BCUT2D eigenvalue weighted by molar-refractivity contribution is -0.117. The van der Waals surface area contributed by atoms with Crippen molar-refractivity contribution in [3.05, 3.63) is 47.2 Å². The Kier molecular flexibility index (Phi) is 6.64. The van der Waals surface area contributed by atoms with Crippen LogP contribution in [0.15, 0.2) is 36.7 Å². The van der Waals surface area contributed by atoms with Crippen molar-refractivity contribution >= 4 is 35.0 Å². The standard InChI is InChI=1S/C23H28ClN5O3/c1-14-13-28(23(31)32-20-8-18(24)11-26-12-20)22-7-16(3-6-21(22)29(14)15(2)30)17(9-25)10-27-19-4-5-19/h3,6-8,11-12,14,17,19,27H,4-5,9-10,13,25H2,1-2H3/t14-,17?/m0/s1. The van der Waals surface area contributed by atoms with Crippen LogP contribution in [0.25, 0.3) is 0 Å². The van der Waals surface area contributed by atoms with Gasteiger partial charge in [-0.1, -0.05) is 17.7 Å². The number of hydrogen-bond acceptors (Lipinski definition) is 6. The van der Waals surface area contributed by atoms with Gasteiger partial charge in [-0.3, -0.25) is 14.7 Å². The van der Waals surface area contributed by atoms with Gasteiger partial charge in [0.25, 0.3) is 0 Å². The van der Waals surface area contributed by atoms with E-state index in [4.69, 9.17) is 22.1 Å². The molecule has 0 spiro atoms. The molecule has 2 amide bonds. The number of anilines is 2. The fourth-order valence-electron chi connectivity index (χ4n) is 4.09. The molecule has 2 atom stereocenters. The molecule has 0 saturated heterocycles. The average molecular weight is 458 g/mol. The number of nitrogens with zero attached hydrogens (tertiary/aromatic N) is 3. The summed E-state index contributed by atoms with van der Waals surface area (Å²) in [6, 6.07) is 7.73. The molecule has 2 aromatic rings. The number of aromatic nitrogens is 1. The Morgan fingerprint density at radius 2 is 2.06 bits per heavy atom. The molecule has 1 aliphatic heterocycles. The van der Waals surface area contributed by atoms with Crippen LogP contribution in [0.2, 0.25) is 5.02 Å². The lowest BCUT2D eigenvalue weighted by Gasteiger charge is -2.40. The summed E-state index contributed by atoms with van der Waals surface area (Å²) in [5.74, 6) is 0.278. The molecule has 2 aliphatic rings. The highest BCUT2D eigenvalue weighted by atomic mass is 35.5. The molecular formula is C23H28ClN5O3. The van der Waals surface area contributed by atoms with Crippen LogP contribution in [0.5, 0.6) is 5.75 Å². The monoisotopic (exact) mass is 457 g/mol. The predicted molar refractivity (Wildman–Crippen MR) is 125 cm³/mol. The number of carbonyl (C=O) groups is 2. The summed E-state index contributed by atoms with van der Waals surface area (Å²) in [5.41, 5.74) is 8.38. The Morgan fingerprint density at radius 1 is 1.28 bits per heavy atom. The summed E-state index contributed by atoms with van der Waals surface area (Å²) in [5, 5.41) is 3.90. The topological polar surface area (TPSA) is 101 Å². The molecule has 1 fully saturated rings. The van der Waals surface area contributed by atoms with E-state index in [1.807, 2.05) is 25.1 Å². The first kappa shape index (κ1) is 22.5. The Morgan fingerprint density at radius 3 is 2.72 bits per heavy atom. The van der Waals surface area contributed by atoms with Gasteiger partial charge in [-0.05, 0) is 37.5 Å². The van der Waals surface area contributed by atoms with E-state index in [2.05, 4.69) is 10.3 Å². The van der Waals surface area contributed by atoms with E-state index >= 15 is 0 Å². The lowest BCUT2D eigenvalue weighted by Crippen LogP contribution is -2.52. The van der Waals surface area contributed by atoms with Gasteiger partial charge in [0.05, 0.1) is 28.6 Å². The van der Waals surface area contributed by atoms with Crippen molar-refractivity contribution < 1.29 is 14.3 Å². The average Bonchev–Trinajstić information content (AvgIpc) is 3.57. The van der Waals surface area contributed by atoms with Crippen LogP contribution in [-0.2, 0) is 4.79 Å². The molecular weight excluding hydrogens is 430 g/mol. The number of ether oxygens (including phenoxy) is 1. The highest BCUT2D eigenvalue weighted by Crippen LogP contribution is 2.38. The molecule has 1 saturated carbocycles. The maximum absolute atomic E-state index is 13.1. The van der Waals surface area contributed by atoms with Crippen molar-refractivity contribution in [1.29, 1.82) is 0 Å². The van der Waals surface area contributed by atoms with Crippen LogP contribution in [-0.4, -0.2) is 48.7 Å². The number of carbonyl (C=O) groups excluding carboxylic acids is 2. The van der Waals surface area contributed by atoms with E-state index < -0.39 is 6.09 Å². The molecule has 0 bridgehead atoms. The van der Waals surface area contributed by atoms with Gasteiger partial charge in [0.2, 0.25) is 5.91 Å². The smallest absolute Gasteiger partial charge is 0.408 e. The van der Waals surface area contributed by atoms with Gasteiger partial charge >= 0.3 is 6.09 Å². The molecule has 170 valence electrons. The van der Waals surface area contributed by atoms with Crippen LogP contribution < -0.4 is 25.6 Å². The van der Waals surface area contributed by atoms with E-state index in [9.17, 15) is 9.59 Å². The third kappa shape index (κ3) is 4.87. The summed E-state index contributed by atoms with van der Waals surface area (Å²) in [4.78, 5) is 32.7. The van der Waals surface area contributed by atoms with Crippen molar-refractivity contribution in [3.63, 3.8) is 0 Å². The third-order valence-corrected chi connectivity index (χ3v) is 6.07. The molecule has 3 N–H and O–H groups in total. The molecule has 32 heavy (non-hydrogen) atoms. The number of nitrogens with one attached hydrogen (secondary N) is 1. The van der Waals surface area contributed by atoms with Gasteiger partial charge < -0.3 is 20.7 Å². The summed E-state index contributed by atoms with van der Waals surface area (Å²) >= 11 is 5.97. The Balaban J connectivity index is 1.66. The van der Waals surface area contributed by atoms with Crippen LogP contribution in [0.3, 0.4) is 0 Å². The SMILES string of the molecule is CC(=O)N1c2ccc(C(CN)CNC3CC3)cc2N(C(=O)Oc2cncc(Cl)c2)C[C@@H]1C. The van der Waals surface area contributed by atoms with Crippen molar-refractivity contribution in [1.82, 2.24) is 10.3 Å². The number of fused-ring (bicyclic) bond motifs is 1. The Bertz CT molecular complexity index is 1010. The molecule has 8 nitrogen and oxygen atoms in total. The summed E-state index contributed by atoms with van der Waals surface area (Å²) in [7, 11) is 0. The first-order valence-corrected chi connectivity index (χ1v) is 11.2. The minimum atomic E-state index is -0.553. The van der Waals surface area contributed by atoms with E-state index in [0.29, 0.717) is 35.5 Å². The van der Waals surface area contributed by atoms with Gasteiger partial charge in [-0.2, -0.15) is 0 Å². The minimum Gasteiger partial charge on any atom is -0.408 e. The number of hydrogen-bond donors (Lipinski definition) is 2. The predicted octanol–water partition coefficient (Wildman–Crippen LogP) is 3.29. The highest BCUT2D eigenvalue weighted by Gasteiger charge is 2.35. The van der Waals surface area contributed by atoms with Crippen molar-refractivity contribution in [2.45, 2.75) is 44.7 Å². The number of benzene rings is 1. The number of nitrogens with two attached hydrogens (primary N) is 1. The molecule has 1 unspecified atom stereocenters. The van der Waals surface area contributed by atoms with E-state index in [1.54, 1.807) is 9.80 Å². The summed E-state index contributed by atoms with van der Waals surface area (Å²) in [6.45, 7) is 4.98. The second kappa shape index (κ2) is 9.44. The van der Waals surface area contributed by atoms with Crippen LogP contribution in [0, 0.1) is 0 Å². The maximum atomic E-state index is 13.1. The summed E-state index contributed by atoms with van der Waals surface area (Å²) < 4.78 is 5.55. The first-order valence-electron chi connectivity index (χ1n) is 10.8. The molecule has 4 rings (SSSR count). The molecule has 1 aromatic carbocycles. The van der Waals surface area contributed by atoms with Gasteiger partial charge in [-0.25, -0.2) is 4.79 Å². The normalized spacial score (nSPS) is 18.8. The quantitative estimate of drug-likeness (QED) is 0.690. The van der Waals surface area contributed by atoms with Crippen molar-refractivity contribution in [3.8, 4) is 5.75 Å². The largest absolute Gasteiger partial charge is 0.419 e. The zero-order valence-corrected chi connectivity index (χ0v) is 19.0. The van der Waals surface area contributed by atoms with Crippen LogP contribution in [0.1, 0.15) is 38.2 Å². The van der Waals surface area contributed by atoms with E-state index in [1.165, 1.54) is 38.2 Å². The van der Waals surface area contributed by atoms with E-state index in [0.717, 1.165) is 12.1 Å². The van der Waals surface area contributed by atoms with Gasteiger partial charge in [0.1, 0.15) is 0 Å². The molecule has 1 aromatic heterocycles. The Hall–Kier alpha value is -2.68. The van der Waals surface area contributed by atoms with Crippen LogP contribution >= 0.6 is 11.6 Å². The molecule has 0 radical (unpaired) electrons. The minimum absolute atomic E-state index is 0.0793. The summed E-state index contributed by atoms with van der Waals surface area (Å²) in [6.07, 6.45) is 4.75. The first-order chi connectivity index (χ1) is 15.4. The molecule has 2 heterocycles. The number of halogens is 1. The van der Waals surface area contributed by atoms with Crippen LogP contribution in [0.4, 0.5) is 16.2 Å². The third-order valence-electron chi connectivity index (χ3n) is 5.87. The Labute approximate surface area is 192 Å². The second-order valence-electron chi connectivity index (χ2n) is 8.42. The zero-order valence-electron chi connectivity index (χ0n) is 18.3. The number of amides is 2. The van der Waals surface area contributed by atoms with Gasteiger partial charge in [-0.15, -0.1) is 0 Å². The zero-order chi connectivity index (χ0) is 22.8.